The Bertz CT molecular complexity index is 1350. The molecule has 0 amide bonds. The standard InChI is InChI=1S/C28H18Br2N2/c29-24-15-23(16-25(30)17-24)27-18-26(31-28(32-27)22-9-5-2-6-10-22)21-13-11-20(12-14-21)19-7-3-1-4-8-19/h1-18H. The number of aromatic nitrogens is 2. The summed E-state index contributed by atoms with van der Waals surface area (Å²) in [6.45, 7) is 0. The van der Waals surface area contributed by atoms with E-state index in [-0.39, 0.29) is 0 Å². The zero-order valence-corrected chi connectivity index (χ0v) is 20.2. The zero-order valence-electron chi connectivity index (χ0n) is 17.0. The fourth-order valence-corrected chi connectivity index (χ4v) is 4.92. The van der Waals surface area contributed by atoms with Crippen LogP contribution in [0.15, 0.2) is 118 Å². The summed E-state index contributed by atoms with van der Waals surface area (Å²) in [5, 5.41) is 0. The van der Waals surface area contributed by atoms with E-state index in [0.29, 0.717) is 5.82 Å². The average molecular weight is 542 g/mol. The number of hydrogen-bond acceptors (Lipinski definition) is 2. The Balaban J connectivity index is 1.63. The summed E-state index contributed by atoms with van der Waals surface area (Å²) < 4.78 is 1.99. The van der Waals surface area contributed by atoms with E-state index in [9.17, 15) is 0 Å². The van der Waals surface area contributed by atoms with Gasteiger partial charge >= 0.3 is 0 Å². The molecule has 5 aromatic rings. The van der Waals surface area contributed by atoms with Crippen molar-refractivity contribution in [2.24, 2.45) is 0 Å². The van der Waals surface area contributed by atoms with Crippen molar-refractivity contribution < 1.29 is 0 Å². The summed E-state index contributed by atoms with van der Waals surface area (Å²) >= 11 is 7.19. The third kappa shape index (κ3) is 4.57. The van der Waals surface area contributed by atoms with E-state index in [1.165, 1.54) is 11.1 Å². The molecule has 0 atom stereocenters. The summed E-state index contributed by atoms with van der Waals surface area (Å²) in [4.78, 5) is 9.81. The van der Waals surface area contributed by atoms with Crippen LogP contribution in [0.25, 0.3) is 45.0 Å². The van der Waals surface area contributed by atoms with Gasteiger partial charge in [-0.1, -0.05) is 117 Å². The fourth-order valence-electron chi connectivity index (χ4n) is 3.63. The summed E-state index contributed by atoms with van der Waals surface area (Å²) in [5.41, 5.74) is 7.22. The maximum Gasteiger partial charge on any atom is 0.160 e. The topological polar surface area (TPSA) is 25.8 Å². The van der Waals surface area contributed by atoms with Crippen LogP contribution in [0.2, 0.25) is 0 Å². The quantitative estimate of drug-likeness (QED) is 0.227. The molecule has 0 radical (unpaired) electrons. The van der Waals surface area contributed by atoms with Crippen molar-refractivity contribution in [3.05, 3.63) is 118 Å². The molecule has 2 nitrogen and oxygen atoms in total. The van der Waals surface area contributed by atoms with E-state index >= 15 is 0 Å². The highest BCUT2D eigenvalue weighted by molar-refractivity contribution is 9.11. The van der Waals surface area contributed by atoms with Crippen molar-refractivity contribution in [2.75, 3.05) is 0 Å². The van der Waals surface area contributed by atoms with Crippen molar-refractivity contribution in [2.45, 2.75) is 0 Å². The van der Waals surface area contributed by atoms with Crippen molar-refractivity contribution >= 4 is 31.9 Å². The van der Waals surface area contributed by atoms with Crippen LogP contribution in [-0.4, -0.2) is 9.97 Å². The minimum absolute atomic E-state index is 0.710. The second-order valence-electron chi connectivity index (χ2n) is 7.43. The van der Waals surface area contributed by atoms with Gasteiger partial charge in [0.2, 0.25) is 0 Å². The molecule has 4 heteroatoms. The maximum absolute atomic E-state index is 4.91. The van der Waals surface area contributed by atoms with Crippen molar-refractivity contribution in [1.82, 2.24) is 9.97 Å². The third-order valence-corrected chi connectivity index (χ3v) is 6.12. The molecule has 0 spiro atoms. The normalized spacial score (nSPS) is 10.8. The van der Waals surface area contributed by atoms with E-state index in [2.05, 4.69) is 98.6 Å². The predicted molar refractivity (Wildman–Crippen MR) is 139 cm³/mol. The second kappa shape index (κ2) is 9.19. The van der Waals surface area contributed by atoms with E-state index < -0.39 is 0 Å². The Kier molecular flexibility index (Phi) is 5.97. The van der Waals surface area contributed by atoms with Crippen LogP contribution in [-0.2, 0) is 0 Å². The Hall–Kier alpha value is -3.08. The molecular formula is C28H18Br2N2. The summed E-state index contributed by atoms with van der Waals surface area (Å²) in [5.74, 6) is 0.710. The van der Waals surface area contributed by atoms with Gasteiger partial charge in [-0.25, -0.2) is 9.97 Å². The lowest BCUT2D eigenvalue weighted by Gasteiger charge is -2.11. The Morgan fingerprint density at radius 2 is 0.875 bits per heavy atom. The third-order valence-electron chi connectivity index (χ3n) is 5.20. The van der Waals surface area contributed by atoms with Crippen molar-refractivity contribution in [3.8, 4) is 45.0 Å². The Morgan fingerprint density at radius 1 is 0.406 bits per heavy atom. The zero-order chi connectivity index (χ0) is 21.9. The predicted octanol–water partition coefficient (Wildman–Crippen LogP) is 8.67. The van der Waals surface area contributed by atoms with E-state index in [1.807, 2.05) is 42.5 Å². The van der Waals surface area contributed by atoms with Crippen LogP contribution in [0.1, 0.15) is 0 Å². The monoisotopic (exact) mass is 540 g/mol. The molecule has 0 aliphatic heterocycles. The van der Waals surface area contributed by atoms with Gasteiger partial charge < -0.3 is 0 Å². The van der Waals surface area contributed by atoms with Crippen molar-refractivity contribution in [3.63, 3.8) is 0 Å². The lowest BCUT2D eigenvalue weighted by atomic mass is 10.0. The van der Waals surface area contributed by atoms with Gasteiger partial charge in [0.05, 0.1) is 11.4 Å². The van der Waals surface area contributed by atoms with Gasteiger partial charge in [0.25, 0.3) is 0 Å². The number of nitrogens with zero attached hydrogens (tertiary/aromatic N) is 2. The first-order valence-electron chi connectivity index (χ1n) is 10.2. The van der Waals surface area contributed by atoms with Gasteiger partial charge in [-0.3, -0.25) is 0 Å². The van der Waals surface area contributed by atoms with E-state index in [0.717, 1.165) is 37.0 Å². The first-order valence-corrected chi connectivity index (χ1v) is 11.8. The highest BCUT2D eigenvalue weighted by Gasteiger charge is 2.12. The molecular weight excluding hydrogens is 524 g/mol. The van der Waals surface area contributed by atoms with Crippen LogP contribution in [0.4, 0.5) is 0 Å². The Morgan fingerprint density at radius 3 is 1.47 bits per heavy atom. The van der Waals surface area contributed by atoms with E-state index in [1.54, 1.807) is 0 Å². The van der Waals surface area contributed by atoms with Crippen LogP contribution in [0.5, 0.6) is 0 Å². The molecule has 0 unspecified atom stereocenters. The SMILES string of the molecule is Brc1cc(Br)cc(-c2cc(-c3ccc(-c4ccccc4)cc3)nc(-c3ccccc3)n2)c1. The molecule has 1 heterocycles. The number of rotatable bonds is 4. The van der Waals surface area contributed by atoms with E-state index in [4.69, 9.17) is 9.97 Å². The molecule has 1 aromatic heterocycles. The molecule has 5 rings (SSSR count). The van der Waals surface area contributed by atoms with Gasteiger partial charge in [0.15, 0.2) is 5.82 Å². The minimum atomic E-state index is 0.710. The van der Waals surface area contributed by atoms with Gasteiger partial charge in [-0.05, 0) is 35.4 Å². The largest absolute Gasteiger partial charge is 0.228 e. The highest BCUT2D eigenvalue weighted by atomic mass is 79.9. The van der Waals surface area contributed by atoms with Gasteiger partial charge in [-0.2, -0.15) is 0 Å². The fraction of sp³-hybridized carbons (Fsp3) is 0. The van der Waals surface area contributed by atoms with Gasteiger partial charge in [-0.15, -0.1) is 0 Å². The molecule has 0 fully saturated rings. The average Bonchev–Trinajstić information content (AvgIpc) is 2.84. The van der Waals surface area contributed by atoms with Crippen LogP contribution >= 0.6 is 31.9 Å². The summed E-state index contributed by atoms with van der Waals surface area (Å²) in [6, 6.07) is 37.2. The molecule has 0 aliphatic rings. The second-order valence-corrected chi connectivity index (χ2v) is 9.26. The molecule has 0 N–H and O–H groups in total. The number of benzene rings is 4. The van der Waals surface area contributed by atoms with Crippen LogP contribution in [0, 0.1) is 0 Å². The van der Waals surface area contributed by atoms with Gasteiger partial charge in [0, 0.05) is 25.6 Å². The molecule has 154 valence electrons. The lowest BCUT2D eigenvalue weighted by molar-refractivity contribution is 1.18. The Labute approximate surface area is 204 Å². The molecule has 0 saturated carbocycles. The first-order chi connectivity index (χ1) is 15.7. The van der Waals surface area contributed by atoms with Gasteiger partial charge in [0.1, 0.15) is 0 Å². The molecule has 0 saturated heterocycles. The molecule has 0 bridgehead atoms. The number of hydrogen-bond donors (Lipinski definition) is 0. The smallest absolute Gasteiger partial charge is 0.160 e. The summed E-state index contributed by atoms with van der Waals surface area (Å²) in [7, 11) is 0. The number of halogens is 2. The van der Waals surface area contributed by atoms with Crippen LogP contribution in [0.3, 0.4) is 0 Å². The molecule has 0 aliphatic carbocycles. The summed E-state index contributed by atoms with van der Waals surface area (Å²) in [6.07, 6.45) is 0. The minimum Gasteiger partial charge on any atom is -0.228 e. The first kappa shape index (κ1) is 20.8. The van der Waals surface area contributed by atoms with Crippen molar-refractivity contribution in [1.29, 1.82) is 0 Å². The van der Waals surface area contributed by atoms with Crippen LogP contribution < -0.4 is 0 Å². The lowest BCUT2D eigenvalue weighted by Crippen LogP contribution is -1.96. The highest BCUT2D eigenvalue weighted by Crippen LogP contribution is 2.31. The molecule has 32 heavy (non-hydrogen) atoms. The maximum atomic E-state index is 4.91. The molecule has 4 aromatic carbocycles.